The summed E-state index contributed by atoms with van der Waals surface area (Å²) in [5, 5.41) is 0. The molecule has 1 heterocycles. The minimum absolute atomic E-state index is 0.116. The number of ether oxygens (including phenoxy) is 1. The van der Waals surface area contributed by atoms with E-state index in [4.69, 9.17) is 11.6 Å². The Hall–Kier alpha value is -0.970. The Kier molecular flexibility index (Phi) is 5.38. The predicted molar refractivity (Wildman–Crippen MR) is 60.5 cm³/mol. The largest absolute Gasteiger partial charge is 0.453 e. The van der Waals surface area contributed by atoms with Gasteiger partial charge in [0.15, 0.2) is 0 Å². The lowest BCUT2D eigenvalue weighted by molar-refractivity contribution is -0.132. The lowest BCUT2D eigenvalue weighted by Crippen LogP contribution is -2.50. The first-order chi connectivity index (χ1) is 7.69. The molecule has 6 heteroatoms. The second-order valence-corrected chi connectivity index (χ2v) is 4.01. The number of carbonyl (C=O) groups excluding carboxylic acids is 2. The zero-order valence-electron chi connectivity index (χ0n) is 9.45. The van der Waals surface area contributed by atoms with E-state index in [9.17, 15) is 9.59 Å². The van der Waals surface area contributed by atoms with Crippen LogP contribution in [0, 0.1) is 0 Å². The van der Waals surface area contributed by atoms with Gasteiger partial charge in [0, 0.05) is 38.5 Å². The zero-order valence-corrected chi connectivity index (χ0v) is 10.2. The highest BCUT2D eigenvalue weighted by atomic mass is 35.5. The fourth-order valence-corrected chi connectivity index (χ4v) is 1.78. The molecule has 1 saturated heterocycles. The molecule has 1 rings (SSSR count). The average molecular weight is 249 g/mol. The molecular weight excluding hydrogens is 232 g/mol. The number of methoxy groups -OCH3 is 1. The van der Waals surface area contributed by atoms with Crippen LogP contribution in [0.3, 0.4) is 0 Å². The molecule has 0 unspecified atom stereocenters. The molecule has 92 valence electrons. The minimum atomic E-state index is -0.326. The van der Waals surface area contributed by atoms with E-state index in [2.05, 4.69) is 4.74 Å². The fourth-order valence-electron chi connectivity index (χ4n) is 1.64. The van der Waals surface area contributed by atoms with Gasteiger partial charge in [0.1, 0.15) is 0 Å². The third-order valence-corrected chi connectivity index (χ3v) is 2.86. The second-order valence-electron chi connectivity index (χ2n) is 3.63. The molecule has 0 aromatic rings. The van der Waals surface area contributed by atoms with E-state index in [1.54, 1.807) is 9.80 Å². The Labute approximate surface area is 100 Å². The van der Waals surface area contributed by atoms with Crippen LogP contribution in [0.1, 0.15) is 12.8 Å². The molecule has 0 N–H and O–H groups in total. The summed E-state index contributed by atoms with van der Waals surface area (Å²) in [6.07, 6.45) is 0.868. The summed E-state index contributed by atoms with van der Waals surface area (Å²) in [4.78, 5) is 26.2. The van der Waals surface area contributed by atoms with E-state index in [0.717, 1.165) is 0 Å². The monoisotopic (exact) mass is 248 g/mol. The Morgan fingerprint density at radius 3 is 2.25 bits per heavy atom. The maximum absolute atomic E-state index is 11.6. The molecular formula is C10H17ClN2O3. The van der Waals surface area contributed by atoms with Crippen molar-refractivity contribution in [3.05, 3.63) is 0 Å². The fraction of sp³-hybridized carbons (Fsp3) is 0.800. The van der Waals surface area contributed by atoms with Gasteiger partial charge in [-0.15, -0.1) is 11.6 Å². The molecule has 5 nitrogen and oxygen atoms in total. The van der Waals surface area contributed by atoms with Gasteiger partial charge in [-0.3, -0.25) is 4.79 Å². The maximum atomic E-state index is 11.6. The Morgan fingerprint density at radius 2 is 1.75 bits per heavy atom. The summed E-state index contributed by atoms with van der Waals surface area (Å²) in [5.74, 6) is 0.624. The maximum Gasteiger partial charge on any atom is 0.409 e. The number of amides is 2. The molecule has 0 spiro atoms. The number of nitrogens with zero attached hydrogens (tertiary/aromatic N) is 2. The van der Waals surface area contributed by atoms with E-state index >= 15 is 0 Å². The van der Waals surface area contributed by atoms with Gasteiger partial charge in [-0.05, 0) is 6.42 Å². The third-order valence-electron chi connectivity index (χ3n) is 2.59. The van der Waals surface area contributed by atoms with Gasteiger partial charge >= 0.3 is 6.09 Å². The van der Waals surface area contributed by atoms with Crippen molar-refractivity contribution in [1.82, 2.24) is 9.80 Å². The number of carbonyl (C=O) groups is 2. The summed E-state index contributed by atoms with van der Waals surface area (Å²) in [6, 6.07) is 0. The van der Waals surface area contributed by atoms with Gasteiger partial charge in [-0.2, -0.15) is 0 Å². The topological polar surface area (TPSA) is 49.9 Å². The SMILES string of the molecule is COC(=O)N1CCN(C(=O)CCCCl)CC1. The molecule has 2 amide bonds. The van der Waals surface area contributed by atoms with Gasteiger partial charge in [-0.25, -0.2) is 4.79 Å². The van der Waals surface area contributed by atoms with Crippen molar-refractivity contribution in [2.24, 2.45) is 0 Å². The van der Waals surface area contributed by atoms with Crippen molar-refractivity contribution >= 4 is 23.6 Å². The number of hydrogen-bond acceptors (Lipinski definition) is 3. The van der Waals surface area contributed by atoms with Gasteiger partial charge in [0.05, 0.1) is 7.11 Å². The minimum Gasteiger partial charge on any atom is -0.453 e. The number of piperazine rings is 1. The van der Waals surface area contributed by atoms with E-state index < -0.39 is 0 Å². The van der Waals surface area contributed by atoms with Crippen LogP contribution in [-0.2, 0) is 9.53 Å². The van der Waals surface area contributed by atoms with Crippen LogP contribution in [0.15, 0.2) is 0 Å². The Balaban J connectivity index is 2.31. The van der Waals surface area contributed by atoms with Crippen LogP contribution in [0.4, 0.5) is 4.79 Å². The molecule has 0 aromatic carbocycles. The lowest BCUT2D eigenvalue weighted by Gasteiger charge is -2.33. The molecule has 1 fully saturated rings. The first kappa shape index (κ1) is 13.1. The molecule has 0 radical (unpaired) electrons. The van der Waals surface area contributed by atoms with Crippen molar-refractivity contribution in [2.75, 3.05) is 39.2 Å². The number of hydrogen-bond donors (Lipinski definition) is 0. The lowest BCUT2D eigenvalue weighted by atomic mass is 10.2. The molecule has 1 aliphatic heterocycles. The second kappa shape index (κ2) is 6.58. The van der Waals surface area contributed by atoms with Crippen LogP contribution in [0.25, 0.3) is 0 Å². The summed E-state index contributed by atoms with van der Waals surface area (Å²) in [7, 11) is 1.36. The van der Waals surface area contributed by atoms with Crippen LogP contribution in [-0.4, -0.2) is 61.0 Å². The van der Waals surface area contributed by atoms with Crippen LogP contribution in [0.2, 0.25) is 0 Å². The molecule has 16 heavy (non-hydrogen) atoms. The summed E-state index contributed by atoms with van der Waals surface area (Å²) in [6.45, 7) is 2.24. The first-order valence-electron chi connectivity index (χ1n) is 5.35. The Morgan fingerprint density at radius 1 is 1.19 bits per heavy atom. The first-order valence-corrected chi connectivity index (χ1v) is 5.89. The van der Waals surface area contributed by atoms with Crippen molar-refractivity contribution in [3.63, 3.8) is 0 Å². The number of alkyl halides is 1. The van der Waals surface area contributed by atoms with Crippen molar-refractivity contribution < 1.29 is 14.3 Å². The van der Waals surface area contributed by atoms with E-state index in [0.29, 0.717) is 44.9 Å². The van der Waals surface area contributed by atoms with Crippen LogP contribution in [0.5, 0.6) is 0 Å². The zero-order chi connectivity index (χ0) is 12.0. The molecule has 1 aliphatic rings. The van der Waals surface area contributed by atoms with Gasteiger partial charge in [0.2, 0.25) is 5.91 Å². The van der Waals surface area contributed by atoms with E-state index in [1.165, 1.54) is 7.11 Å². The molecule has 0 aliphatic carbocycles. The molecule has 0 saturated carbocycles. The number of rotatable bonds is 3. The molecule has 0 aromatic heterocycles. The van der Waals surface area contributed by atoms with Crippen LogP contribution >= 0.6 is 11.6 Å². The average Bonchev–Trinajstić information content (AvgIpc) is 2.35. The summed E-state index contributed by atoms with van der Waals surface area (Å²) >= 11 is 5.53. The quantitative estimate of drug-likeness (QED) is 0.698. The summed E-state index contributed by atoms with van der Waals surface area (Å²) in [5.41, 5.74) is 0. The highest BCUT2D eigenvalue weighted by Gasteiger charge is 2.23. The van der Waals surface area contributed by atoms with Gasteiger partial charge in [-0.1, -0.05) is 0 Å². The van der Waals surface area contributed by atoms with Crippen LogP contribution < -0.4 is 0 Å². The van der Waals surface area contributed by atoms with E-state index in [-0.39, 0.29) is 12.0 Å². The van der Waals surface area contributed by atoms with Crippen molar-refractivity contribution in [2.45, 2.75) is 12.8 Å². The third kappa shape index (κ3) is 3.56. The van der Waals surface area contributed by atoms with Gasteiger partial charge < -0.3 is 14.5 Å². The highest BCUT2D eigenvalue weighted by Crippen LogP contribution is 2.06. The molecule has 0 bridgehead atoms. The Bertz CT molecular complexity index is 252. The number of halogens is 1. The van der Waals surface area contributed by atoms with Crippen molar-refractivity contribution in [1.29, 1.82) is 0 Å². The van der Waals surface area contributed by atoms with E-state index in [1.807, 2.05) is 0 Å². The highest BCUT2D eigenvalue weighted by molar-refractivity contribution is 6.17. The van der Waals surface area contributed by atoms with Crippen molar-refractivity contribution in [3.8, 4) is 0 Å². The van der Waals surface area contributed by atoms with Gasteiger partial charge in [0.25, 0.3) is 0 Å². The predicted octanol–water partition coefficient (Wildman–Crippen LogP) is 0.916. The normalized spacial score (nSPS) is 16.1. The standard InChI is InChI=1S/C10H17ClN2O3/c1-16-10(15)13-7-5-12(6-8-13)9(14)3-2-4-11/h2-8H2,1H3. The summed E-state index contributed by atoms with van der Waals surface area (Å²) < 4.78 is 4.62. The smallest absolute Gasteiger partial charge is 0.409 e. The molecule has 0 atom stereocenters.